The number of benzene rings is 3. The Balaban J connectivity index is 1.35. The quantitative estimate of drug-likeness (QED) is 0.215. The number of hydrogen-bond acceptors (Lipinski definition) is 6. The Morgan fingerprint density at radius 1 is 0.952 bits per heavy atom. The molecule has 0 aliphatic heterocycles. The second-order valence-electron chi connectivity index (χ2n) is 9.90. The highest BCUT2D eigenvalue weighted by atomic mass is 19.4. The van der Waals surface area contributed by atoms with Gasteiger partial charge in [-0.3, -0.25) is 15.0 Å². The fourth-order valence-electron chi connectivity index (χ4n) is 4.94. The number of rotatable bonds is 8. The van der Waals surface area contributed by atoms with Gasteiger partial charge in [-0.05, 0) is 71.5 Å². The fraction of sp³-hybridized carbons (Fsp3) is 0.276. The molecule has 1 heterocycles. The van der Waals surface area contributed by atoms with Gasteiger partial charge in [-0.25, -0.2) is 4.79 Å². The van der Waals surface area contributed by atoms with Crippen molar-refractivity contribution < 1.29 is 27.5 Å². The first-order valence-electron chi connectivity index (χ1n) is 13.4. The van der Waals surface area contributed by atoms with Crippen LogP contribution >= 0.6 is 0 Å². The standard InChI is InChI=1S/C29H28F3N7O3/c30-29(31,32)42-25-8-4-7-23(17-25)33-28(41)39(24-15-13-21(14-16-24)20-5-2-1-3-6-20)18-19-9-11-22(12-10-19)26(40)34-27-35-37-38-36-27/h4,7-17,20H,1-3,5-6,18H2,(H,33,41)(H2,34,35,36,37,38,40). The van der Waals surface area contributed by atoms with Crippen LogP contribution in [-0.2, 0) is 6.54 Å². The van der Waals surface area contributed by atoms with Crippen LogP contribution in [-0.4, -0.2) is 38.9 Å². The zero-order valence-electron chi connectivity index (χ0n) is 22.4. The fourth-order valence-corrected chi connectivity index (χ4v) is 4.94. The van der Waals surface area contributed by atoms with E-state index in [1.54, 1.807) is 24.3 Å². The van der Waals surface area contributed by atoms with Crippen LogP contribution in [0.1, 0.15) is 59.5 Å². The Bertz CT molecular complexity index is 1490. The van der Waals surface area contributed by atoms with E-state index in [1.165, 1.54) is 41.9 Å². The lowest BCUT2D eigenvalue weighted by Crippen LogP contribution is -2.34. The van der Waals surface area contributed by atoms with Crippen molar-refractivity contribution in [3.05, 3.63) is 89.5 Å². The minimum absolute atomic E-state index is 0.0355. The summed E-state index contributed by atoms with van der Waals surface area (Å²) in [5.74, 6) is -0.360. The van der Waals surface area contributed by atoms with Crippen molar-refractivity contribution >= 4 is 29.3 Å². The van der Waals surface area contributed by atoms with E-state index in [0.717, 1.165) is 25.0 Å². The topological polar surface area (TPSA) is 125 Å². The average Bonchev–Trinajstić information content (AvgIpc) is 3.49. The van der Waals surface area contributed by atoms with E-state index in [-0.39, 0.29) is 18.2 Å². The number of alkyl halides is 3. The molecule has 1 aromatic heterocycles. The number of tetrazole rings is 1. The van der Waals surface area contributed by atoms with E-state index in [0.29, 0.717) is 22.7 Å². The van der Waals surface area contributed by atoms with Crippen molar-refractivity contribution in [2.75, 3.05) is 15.5 Å². The van der Waals surface area contributed by atoms with Crippen molar-refractivity contribution in [2.24, 2.45) is 0 Å². The smallest absolute Gasteiger partial charge is 0.406 e. The van der Waals surface area contributed by atoms with E-state index in [1.807, 2.05) is 24.3 Å². The van der Waals surface area contributed by atoms with Crippen LogP contribution in [0.2, 0.25) is 0 Å². The molecule has 10 nitrogen and oxygen atoms in total. The number of nitrogens with zero attached hydrogens (tertiary/aromatic N) is 4. The Morgan fingerprint density at radius 2 is 1.69 bits per heavy atom. The molecule has 3 N–H and O–H groups in total. The lowest BCUT2D eigenvalue weighted by molar-refractivity contribution is -0.274. The molecule has 4 aromatic rings. The van der Waals surface area contributed by atoms with Gasteiger partial charge in [0, 0.05) is 23.0 Å². The van der Waals surface area contributed by atoms with Crippen LogP contribution in [0.5, 0.6) is 5.75 Å². The average molecular weight is 580 g/mol. The molecular weight excluding hydrogens is 551 g/mol. The molecule has 0 radical (unpaired) electrons. The minimum Gasteiger partial charge on any atom is -0.406 e. The SMILES string of the molecule is O=C(Nc1nn[nH]n1)c1ccc(CN(C(=O)Nc2cccc(OC(F)(F)F)c2)c2ccc(C3CCCCC3)cc2)cc1. The molecule has 218 valence electrons. The van der Waals surface area contributed by atoms with E-state index in [2.05, 4.69) is 36.0 Å². The maximum atomic E-state index is 13.5. The molecule has 5 rings (SSSR count). The van der Waals surface area contributed by atoms with Crippen molar-refractivity contribution in [1.82, 2.24) is 20.6 Å². The molecule has 0 saturated heterocycles. The largest absolute Gasteiger partial charge is 0.573 e. The molecular formula is C29H28F3N7O3. The summed E-state index contributed by atoms with van der Waals surface area (Å²) in [6.07, 6.45) is 1.04. The van der Waals surface area contributed by atoms with Gasteiger partial charge in [0.05, 0.1) is 6.54 Å². The summed E-state index contributed by atoms with van der Waals surface area (Å²) in [6, 6.07) is 19.0. The number of carbonyl (C=O) groups is 2. The lowest BCUT2D eigenvalue weighted by atomic mass is 9.84. The molecule has 0 spiro atoms. The molecule has 1 aliphatic carbocycles. The molecule has 13 heteroatoms. The summed E-state index contributed by atoms with van der Waals surface area (Å²) < 4.78 is 42.1. The highest BCUT2D eigenvalue weighted by Crippen LogP contribution is 2.34. The third-order valence-electron chi connectivity index (χ3n) is 6.97. The number of amides is 3. The first-order chi connectivity index (χ1) is 20.2. The molecule has 1 saturated carbocycles. The highest BCUT2D eigenvalue weighted by molar-refractivity contribution is 6.03. The zero-order valence-corrected chi connectivity index (χ0v) is 22.4. The molecule has 42 heavy (non-hydrogen) atoms. The minimum atomic E-state index is -4.86. The van der Waals surface area contributed by atoms with Gasteiger partial charge < -0.3 is 10.1 Å². The number of hydrogen-bond donors (Lipinski definition) is 3. The van der Waals surface area contributed by atoms with Crippen molar-refractivity contribution in [3.8, 4) is 5.75 Å². The number of aromatic amines is 1. The Kier molecular flexibility index (Phi) is 8.65. The summed E-state index contributed by atoms with van der Waals surface area (Å²) in [4.78, 5) is 27.5. The van der Waals surface area contributed by atoms with Crippen molar-refractivity contribution in [3.63, 3.8) is 0 Å². The number of aromatic nitrogens is 4. The van der Waals surface area contributed by atoms with Crippen LogP contribution in [0, 0.1) is 0 Å². The Labute approximate surface area is 239 Å². The van der Waals surface area contributed by atoms with Gasteiger partial charge in [0.15, 0.2) is 0 Å². The lowest BCUT2D eigenvalue weighted by Gasteiger charge is -2.26. The van der Waals surface area contributed by atoms with Crippen LogP contribution in [0.4, 0.5) is 35.3 Å². The highest BCUT2D eigenvalue weighted by Gasteiger charge is 2.31. The summed E-state index contributed by atoms with van der Waals surface area (Å²) in [5, 5.41) is 18.2. The van der Waals surface area contributed by atoms with E-state index in [9.17, 15) is 22.8 Å². The van der Waals surface area contributed by atoms with Gasteiger partial charge in [0.1, 0.15) is 5.75 Å². The Hall–Kier alpha value is -4.94. The second-order valence-corrected chi connectivity index (χ2v) is 9.90. The summed E-state index contributed by atoms with van der Waals surface area (Å²) >= 11 is 0. The van der Waals surface area contributed by atoms with Crippen LogP contribution in [0.15, 0.2) is 72.8 Å². The molecule has 3 amide bonds. The molecule has 1 aliphatic rings. The first-order valence-corrected chi connectivity index (χ1v) is 13.4. The second kappa shape index (κ2) is 12.7. The van der Waals surface area contributed by atoms with Gasteiger partial charge in [-0.1, -0.05) is 54.7 Å². The third-order valence-corrected chi connectivity index (χ3v) is 6.97. The third kappa shape index (κ3) is 7.62. The molecule has 0 atom stereocenters. The number of halogens is 3. The normalized spacial score (nSPS) is 13.8. The summed E-state index contributed by atoms with van der Waals surface area (Å²) in [7, 11) is 0. The predicted octanol–water partition coefficient (Wildman–Crippen LogP) is 6.64. The van der Waals surface area contributed by atoms with E-state index < -0.39 is 24.1 Å². The van der Waals surface area contributed by atoms with Crippen molar-refractivity contribution in [2.45, 2.75) is 50.9 Å². The van der Waals surface area contributed by atoms with Crippen LogP contribution in [0.3, 0.4) is 0 Å². The van der Waals surface area contributed by atoms with Crippen LogP contribution < -0.4 is 20.3 Å². The van der Waals surface area contributed by atoms with Crippen molar-refractivity contribution in [1.29, 1.82) is 0 Å². The summed E-state index contributed by atoms with van der Waals surface area (Å²) in [5.41, 5.74) is 3.02. The van der Waals surface area contributed by atoms with Gasteiger partial charge in [-0.2, -0.15) is 5.21 Å². The number of anilines is 3. The van der Waals surface area contributed by atoms with Gasteiger partial charge >= 0.3 is 12.4 Å². The number of ether oxygens (including phenoxy) is 1. The van der Waals surface area contributed by atoms with Gasteiger partial charge in [0.2, 0.25) is 0 Å². The zero-order chi connectivity index (χ0) is 29.5. The molecule has 0 unspecified atom stereocenters. The van der Waals surface area contributed by atoms with E-state index >= 15 is 0 Å². The molecule has 3 aromatic carbocycles. The number of carbonyl (C=O) groups excluding carboxylic acids is 2. The number of nitrogens with one attached hydrogen (secondary N) is 3. The Morgan fingerprint density at radius 3 is 2.36 bits per heavy atom. The van der Waals surface area contributed by atoms with E-state index in [4.69, 9.17) is 0 Å². The first kappa shape index (κ1) is 28.6. The molecule has 0 bridgehead atoms. The predicted molar refractivity (Wildman–Crippen MR) is 149 cm³/mol. The maximum absolute atomic E-state index is 13.5. The monoisotopic (exact) mass is 579 g/mol. The number of H-pyrrole nitrogens is 1. The molecule has 1 fully saturated rings. The van der Waals surface area contributed by atoms with Gasteiger partial charge in [0.25, 0.3) is 11.9 Å². The number of urea groups is 1. The summed E-state index contributed by atoms with van der Waals surface area (Å²) in [6.45, 7) is 0.125. The maximum Gasteiger partial charge on any atom is 0.573 e. The van der Waals surface area contributed by atoms with Gasteiger partial charge in [-0.15, -0.1) is 18.3 Å². The van der Waals surface area contributed by atoms with Crippen LogP contribution in [0.25, 0.3) is 0 Å².